The van der Waals surface area contributed by atoms with Crippen molar-refractivity contribution in [3.8, 4) is 0 Å². The van der Waals surface area contributed by atoms with Crippen molar-refractivity contribution < 1.29 is 9.18 Å². The minimum atomic E-state index is -0.627. The van der Waals surface area contributed by atoms with Crippen molar-refractivity contribution in [1.29, 1.82) is 0 Å². The van der Waals surface area contributed by atoms with Gasteiger partial charge < -0.3 is 11.1 Å². The summed E-state index contributed by atoms with van der Waals surface area (Å²) in [6.07, 6.45) is 2.49. The van der Waals surface area contributed by atoms with E-state index in [1.807, 2.05) is 6.26 Å². The minimum absolute atomic E-state index is 0.0963. The minimum Gasteiger partial charge on any atom is -0.322 e. The number of benzene rings is 1. The highest BCUT2D eigenvalue weighted by atomic mass is 35.5. The van der Waals surface area contributed by atoms with Crippen LogP contribution in [0.3, 0.4) is 0 Å². The van der Waals surface area contributed by atoms with Crippen LogP contribution in [-0.4, -0.2) is 24.0 Å². The zero-order chi connectivity index (χ0) is 12.8. The molecule has 0 bridgehead atoms. The number of amides is 1. The van der Waals surface area contributed by atoms with E-state index in [1.54, 1.807) is 11.8 Å². The molecule has 0 aromatic heterocycles. The smallest absolute Gasteiger partial charge is 0.241 e. The van der Waals surface area contributed by atoms with E-state index < -0.39 is 11.9 Å². The fourth-order valence-corrected chi connectivity index (χ4v) is 1.84. The van der Waals surface area contributed by atoms with Crippen molar-refractivity contribution in [2.75, 3.05) is 17.3 Å². The normalized spacial score (nSPS) is 12.2. The van der Waals surface area contributed by atoms with E-state index in [-0.39, 0.29) is 16.6 Å². The molecule has 0 aliphatic carbocycles. The molecule has 0 unspecified atom stereocenters. The van der Waals surface area contributed by atoms with Gasteiger partial charge in [0.25, 0.3) is 0 Å². The van der Waals surface area contributed by atoms with Crippen molar-refractivity contribution in [3.63, 3.8) is 0 Å². The molecule has 1 aromatic rings. The number of carbonyl (C=O) groups is 1. The Labute approximate surface area is 109 Å². The second kappa shape index (κ2) is 6.83. The Hall–Kier alpha value is -0.780. The zero-order valence-corrected chi connectivity index (χ0v) is 10.9. The van der Waals surface area contributed by atoms with Gasteiger partial charge in [-0.1, -0.05) is 11.6 Å². The number of hydrogen-bond donors (Lipinski definition) is 2. The third kappa shape index (κ3) is 4.53. The topological polar surface area (TPSA) is 55.1 Å². The van der Waals surface area contributed by atoms with Crippen molar-refractivity contribution in [3.05, 3.63) is 29.0 Å². The highest BCUT2D eigenvalue weighted by Crippen LogP contribution is 2.19. The maximum absolute atomic E-state index is 13.4. The molecule has 94 valence electrons. The van der Waals surface area contributed by atoms with Crippen LogP contribution >= 0.6 is 23.4 Å². The van der Waals surface area contributed by atoms with Gasteiger partial charge in [-0.15, -0.1) is 0 Å². The zero-order valence-electron chi connectivity index (χ0n) is 9.37. The van der Waals surface area contributed by atoms with Crippen LogP contribution in [0.1, 0.15) is 6.42 Å². The van der Waals surface area contributed by atoms with Crippen LogP contribution in [0.5, 0.6) is 0 Å². The van der Waals surface area contributed by atoms with E-state index in [0.29, 0.717) is 6.42 Å². The molecule has 1 aromatic carbocycles. The highest BCUT2D eigenvalue weighted by Gasteiger charge is 2.14. The number of nitrogens with one attached hydrogen (secondary N) is 1. The van der Waals surface area contributed by atoms with Gasteiger partial charge in [0, 0.05) is 5.02 Å². The molecule has 1 amide bonds. The summed E-state index contributed by atoms with van der Waals surface area (Å²) in [4.78, 5) is 11.6. The van der Waals surface area contributed by atoms with Crippen molar-refractivity contribution in [2.24, 2.45) is 5.73 Å². The number of hydrogen-bond acceptors (Lipinski definition) is 3. The lowest BCUT2D eigenvalue weighted by molar-refractivity contribution is -0.117. The Kier molecular flexibility index (Phi) is 5.74. The predicted octanol–water partition coefficient (Wildman–Crippen LogP) is 2.50. The largest absolute Gasteiger partial charge is 0.322 e. The molecule has 0 aliphatic heterocycles. The molecule has 0 spiro atoms. The molecule has 0 fully saturated rings. The lowest BCUT2D eigenvalue weighted by Gasteiger charge is -2.12. The van der Waals surface area contributed by atoms with Gasteiger partial charge in [-0.2, -0.15) is 11.8 Å². The van der Waals surface area contributed by atoms with E-state index >= 15 is 0 Å². The Bertz CT molecular complexity index is 403. The number of carbonyl (C=O) groups excluding carboxylic acids is 1. The van der Waals surface area contributed by atoms with Gasteiger partial charge in [0.2, 0.25) is 5.91 Å². The quantitative estimate of drug-likeness (QED) is 0.869. The Balaban J connectivity index is 2.61. The third-order valence-corrected chi connectivity index (χ3v) is 3.04. The summed E-state index contributed by atoms with van der Waals surface area (Å²) in [5, 5.41) is 2.72. The first-order valence-electron chi connectivity index (χ1n) is 5.05. The lowest BCUT2D eigenvalue weighted by atomic mass is 10.2. The average molecular weight is 277 g/mol. The third-order valence-electron chi connectivity index (χ3n) is 2.16. The van der Waals surface area contributed by atoms with E-state index in [4.69, 9.17) is 17.3 Å². The van der Waals surface area contributed by atoms with Gasteiger partial charge in [0.05, 0.1) is 11.7 Å². The van der Waals surface area contributed by atoms with E-state index in [0.717, 1.165) is 11.8 Å². The first kappa shape index (κ1) is 14.3. The van der Waals surface area contributed by atoms with Gasteiger partial charge in [0.1, 0.15) is 5.82 Å². The van der Waals surface area contributed by atoms with E-state index in [9.17, 15) is 9.18 Å². The summed E-state index contributed by atoms with van der Waals surface area (Å²) in [5.74, 6) is -0.166. The van der Waals surface area contributed by atoms with Crippen LogP contribution in [0.15, 0.2) is 18.2 Å². The summed E-state index contributed by atoms with van der Waals surface area (Å²) >= 11 is 7.21. The highest BCUT2D eigenvalue weighted by molar-refractivity contribution is 7.98. The molecule has 0 aliphatic rings. The Morgan fingerprint density at radius 1 is 1.65 bits per heavy atom. The maximum atomic E-state index is 13.4. The van der Waals surface area contributed by atoms with Crippen molar-refractivity contribution in [2.45, 2.75) is 12.5 Å². The van der Waals surface area contributed by atoms with Gasteiger partial charge >= 0.3 is 0 Å². The fraction of sp³-hybridized carbons (Fsp3) is 0.364. The van der Waals surface area contributed by atoms with Crippen LogP contribution in [-0.2, 0) is 4.79 Å². The molecular weight excluding hydrogens is 263 g/mol. The molecule has 0 saturated heterocycles. The van der Waals surface area contributed by atoms with Crippen LogP contribution in [0.25, 0.3) is 0 Å². The summed E-state index contributed by atoms with van der Waals surface area (Å²) in [6, 6.07) is 3.44. The first-order valence-corrected chi connectivity index (χ1v) is 6.82. The predicted molar refractivity (Wildman–Crippen MR) is 71.0 cm³/mol. The second-order valence-electron chi connectivity index (χ2n) is 3.50. The molecule has 3 N–H and O–H groups in total. The number of rotatable bonds is 5. The molecule has 0 radical (unpaired) electrons. The van der Waals surface area contributed by atoms with Gasteiger partial charge in [0.15, 0.2) is 0 Å². The first-order chi connectivity index (χ1) is 8.04. The van der Waals surface area contributed by atoms with Crippen LogP contribution in [0.2, 0.25) is 5.02 Å². The van der Waals surface area contributed by atoms with E-state index in [1.165, 1.54) is 12.1 Å². The molecule has 1 rings (SSSR count). The van der Waals surface area contributed by atoms with Gasteiger partial charge in [-0.3, -0.25) is 4.79 Å². The van der Waals surface area contributed by atoms with Gasteiger partial charge in [-0.05, 0) is 36.6 Å². The second-order valence-corrected chi connectivity index (χ2v) is 4.92. The summed E-state index contributed by atoms with van der Waals surface area (Å²) in [6.45, 7) is 0. The monoisotopic (exact) mass is 276 g/mol. The Morgan fingerprint density at radius 2 is 2.35 bits per heavy atom. The van der Waals surface area contributed by atoms with Crippen LogP contribution in [0.4, 0.5) is 10.1 Å². The molecule has 17 heavy (non-hydrogen) atoms. The number of anilines is 1. The summed E-state index contributed by atoms with van der Waals surface area (Å²) in [7, 11) is 0. The number of halogens is 2. The number of nitrogens with two attached hydrogens (primary N) is 1. The molecule has 1 atom stereocenters. The number of thioether (sulfide) groups is 1. The molecule has 6 heteroatoms. The average Bonchev–Trinajstić information content (AvgIpc) is 2.29. The molecule has 0 saturated carbocycles. The summed E-state index contributed by atoms with van der Waals surface area (Å²) in [5.41, 5.74) is 5.75. The Morgan fingerprint density at radius 3 is 2.94 bits per heavy atom. The SMILES string of the molecule is CSCC[C@@H](N)C(=O)Nc1ccc(Cl)cc1F. The lowest BCUT2D eigenvalue weighted by Crippen LogP contribution is -2.36. The summed E-state index contributed by atoms with van der Waals surface area (Å²) < 4.78 is 13.4. The van der Waals surface area contributed by atoms with E-state index in [2.05, 4.69) is 5.32 Å². The maximum Gasteiger partial charge on any atom is 0.241 e. The van der Waals surface area contributed by atoms with Crippen molar-refractivity contribution >= 4 is 35.0 Å². The molecule has 0 heterocycles. The molecular formula is C11H14ClFN2OS. The standard InChI is InChI=1S/C11H14ClFN2OS/c1-17-5-4-9(14)11(16)15-10-3-2-7(12)6-8(10)13/h2-3,6,9H,4-5,14H2,1H3,(H,15,16)/t9-/m1/s1. The fourth-order valence-electron chi connectivity index (χ4n) is 1.19. The molecule has 3 nitrogen and oxygen atoms in total. The van der Waals surface area contributed by atoms with Crippen molar-refractivity contribution in [1.82, 2.24) is 0 Å². The van der Waals surface area contributed by atoms with Crippen LogP contribution in [0, 0.1) is 5.82 Å². The van der Waals surface area contributed by atoms with Crippen LogP contribution < -0.4 is 11.1 Å². The van der Waals surface area contributed by atoms with Gasteiger partial charge in [-0.25, -0.2) is 4.39 Å².